The van der Waals surface area contributed by atoms with Gasteiger partial charge in [0.15, 0.2) is 0 Å². The van der Waals surface area contributed by atoms with Crippen molar-refractivity contribution in [1.82, 2.24) is 10.6 Å². The van der Waals surface area contributed by atoms with E-state index < -0.39 is 0 Å². The zero-order valence-corrected chi connectivity index (χ0v) is 10.5. The van der Waals surface area contributed by atoms with Crippen LogP contribution in [0.25, 0.3) is 0 Å². The summed E-state index contributed by atoms with van der Waals surface area (Å²) in [5, 5.41) is 14.9. The number of hydrogen-bond acceptors (Lipinski definition) is 4. The van der Waals surface area contributed by atoms with Crippen LogP contribution >= 0.6 is 11.8 Å². The molecule has 1 amide bonds. The molecule has 0 spiro atoms. The Morgan fingerprint density at radius 1 is 1.50 bits per heavy atom. The molecule has 0 aliphatic carbocycles. The molecule has 0 aromatic carbocycles. The van der Waals surface area contributed by atoms with Crippen molar-refractivity contribution in [2.45, 2.75) is 31.7 Å². The molecule has 4 nitrogen and oxygen atoms in total. The van der Waals surface area contributed by atoms with E-state index in [9.17, 15) is 4.79 Å². The second kappa shape index (κ2) is 8.84. The molecule has 0 aromatic rings. The highest BCUT2D eigenvalue weighted by atomic mass is 32.2. The third kappa shape index (κ3) is 6.35. The Hall–Kier alpha value is -0.260. The van der Waals surface area contributed by atoms with Crippen molar-refractivity contribution in [2.24, 2.45) is 0 Å². The van der Waals surface area contributed by atoms with E-state index in [1.165, 1.54) is 0 Å². The van der Waals surface area contributed by atoms with Gasteiger partial charge in [-0.3, -0.25) is 4.79 Å². The normalized spacial score (nSPS) is 21.6. The minimum Gasteiger partial charge on any atom is -0.396 e. The summed E-state index contributed by atoms with van der Waals surface area (Å²) in [6.07, 6.45) is 3.64. The van der Waals surface area contributed by atoms with Gasteiger partial charge in [0.25, 0.3) is 0 Å². The van der Waals surface area contributed by atoms with Gasteiger partial charge in [0.05, 0.1) is 0 Å². The zero-order chi connectivity index (χ0) is 11.6. The standard InChI is InChI=1S/C11H22N2O2S/c14-6-2-7-16-8-5-12-10-3-1-4-13-11(15)9-10/h10,12,14H,1-9H2,(H,13,15). The van der Waals surface area contributed by atoms with E-state index in [1.807, 2.05) is 11.8 Å². The predicted molar refractivity (Wildman–Crippen MR) is 67.7 cm³/mol. The number of nitrogens with one attached hydrogen (secondary N) is 2. The fourth-order valence-corrected chi connectivity index (χ4v) is 2.55. The lowest BCUT2D eigenvalue weighted by atomic mass is 10.1. The van der Waals surface area contributed by atoms with Crippen LogP contribution in [0.3, 0.4) is 0 Å². The summed E-state index contributed by atoms with van der Waals surface area (Å²) in [6.45, 7) is 2.06. The summed E-state index contributed by atoms with van der Waals surface area (Å²) in [6, 6.07) is 0.348. The fourth-order valence-electron chi connectivity index (χ4n) is 1.75. The van der Waals surface area contributed by atoms with Gasteiger partial charge >= 0.3 is 0 Å². The topological polar surface area (TPSA) is 61.4 Å². The van der Waals surface area contributed by atoms with Gasteiger partial charge in [-0.2, -0.15) is 11.8 Å². The third-order valence-corrected chi connectivity index (χ3v) is 3.68. The van der Waals surface area contributed by atoms with Crippen LogP contribution in [-0.2, 0) is 4.79 Å². The first-order valence-corrected chi connectivity index (χ1v) is 7.17. The minimum atomic E-state index is 0.169. The molecule has 3 N–H and O–H groups in total. The van der Waals surface area contributed by atoms with E-state index in [1.54, 1.807) is 0 Å². The molecule has 1 aliphatic heterocycles. The van der Waals surface area contributed by atoms with E-state index in [0.29, 0.717) is 12.5 Å². The molecule has 1 aliphatic rings. The van der Waals surface area contributed by atoms with Crippen molar-refractivity contribution in [2.75, 3.05) is 31.2 Å². The minimum absolute atomic E-state index is 0.169. The van der Waals surface area contributed by atoms with Gasteiger partial charge in [0.1, 0.15) is 0 Å². The SMILES string of the molecule is O=C1CC(NCCSCCCO)CCCN1. The number of aliphatic hydroxyl groups is 1. The molecule has 1 atom stereocenters. The number of thioether (sulfide) groups is 1. The third-order valence-electron chi connectivity index (χ3n) is 2.61. The summed E-state index contributed by atoms with van der Waals surface area (Å²) >= 11 is 1.85. The smallest absolute Gasteiger partial charge is 0.221 e. The van der Waals surface area contributed by atoms with Crippen LogP contribution in [0.5, 0.6) is 0 Å². The molecular weight excluding hydrogens is 224 g/mol. The molecule has 16 heavy (non-hydrogen) atoms. The lowest BCUT2D eigenvalue weighted by molar-refractivity contribution is -0.121. The van der Waals surface area contributed by atoms with E-state index in [-0.39, 0.29) is 12.5 Å². The van der Waals surface area contributed by atoms with Crippen molar-refractivity contribution in [1.29, 1.82) is 0 Å². The van der Waals surface area contributed by atoms with Crippen molar-refractivity contribution >= 4 is 17.7 Å². The second-order valence-corrected chi connectivity index (χ2v) is 5.26. The van der Waals surface area contributed by atoms with Crippen molar-refractivity contribution in [3.8, 4) is 0 Å². The molecule has 1 heterocycles. The number of aliphatic hydroxyl groups excluding tert-OH is 1. The Balaban J connectivity index is 2.00. The lowest BCUT2D eigenvalue weighted by Crippen LogP contribution is -2.33. The molecule has 0 saturated carbocycles. The van der Waals surface area contributed by atoms with Crippen molar-refractivity contribution in [3.05, 3.63) is 0 Å². The van der Waals surface area contributed by atoms with Gasteiger partial charge in [-0.1, -0.05) is 0 Å². The van der Waals surface area contributed by atoms with Crippen LogP contribution in [0.1, 0.15) is 25.7 Å². The molecule has 1 unspecified atom stereocenters. The predicted octanol–water partition coefficient (Wildman–Crippen LogP) is 0.360. The summed E-state index contributed by atoms with van der Waals surface area (Å²) < 4.78 is 0. The molecule has 5 heteroatoms. The summed E-state index contributed by atoms with van der Waals surface area (Å²) in [7, 11) is 0. The molecule has 0 bridgehead atoms. The van der Waals surface area contributed by atoms with Crippen LogP contribution in [0.2, 0.25) is 0 Å². The highest BCUT2D eigenvalue weighted by molar-refractivity contribution is 7.99. The number of carbonyl (C=O) groups is 1. The number of amides is 1. The second-order valence-electron chi connectivity index (χ2n) is 4.04. The Labute approximate surface area is 102 Å². The number of rotatable bonds is 7. The molecule has 0 radical (unpaired) electrons. The molecular formula is C11H22N2O2S. The van der Waals surface area contributed by atoms with Crippen LogP contribution in [0.4, 0.5) is 0 Å². The summed E-state index contributed by atoms with van der Waals surface area (Å²) in [5.74, 6) is 2.24. The van der Waals surface area contributed by atoms with Gasteiger partial charge in [-0.15, -0.1) is 0 Å². The summed E-state index contributed by atoms with van der Waals surface area (Å²) in [4.78, 5) is 11.3. The fraction of sp³-hybridized carbons (Fsp3) is 0.909. The van der Waals surface area contributed by atoms with Gasteiger partial charge in [-0.05, 0) is 25.0 Å². The first-order chi connectivity index (χ1) is 7.83. The van der Waals surface area contributed by atoms with E-state index in [0.717, 1.165) is 43.9 Å². The average molecular weight is 246 g/mol. The van der Waals surface area contributed by atoms with Gasteiger partial charge in [0, 0.05) is 37.9 Å². The molecule has 1 fully saturated rings. The molecule has 0 aromatic heterocycles. The molecule has 1 saturated heterocycles. The first kappa shape index (κ1) is 13.8. The molecule has 1 rings (SSSR count). The Bertz CT molecular complexity index is 202. The maximum atomic E-state index is 11.3. The number of carbonyl (C=O) groups excluding carboxylic acids is 1. The Kier molecular flexibility index (Phi) is 7.63. The highest BCUT2D eigenvalue weighted by Crippen LogP contribution is 2.06. The van der Waals surface area contributed by atoms with Crippen molar-refractivity contribution < 1.29 is 9.90 Å². The van der Waals surface area contributed by atoms with Gasteiger partial charge in [0.2, 0.25) is 5.91 Å². The lowest BCUT2D eigenvalue weighted by Gasteiger charge is -2.14. The van der Waals surface area contributed by atoms with E-state index >= 15 is 0 Å². The Morgan fingerprint density at radius 3 is 3.19 bits per heavy atom. The maximum absolute atomic E-state index is 11.3. The van der Waals surface area contributed by atoms with Crippen molar-refractivity contribution in [3.63, 3.8) is 0 Å². The van der Waals surface area contributed by atoms with E-state index in [2.05, 4.69) is 10.6 Å². The zero-order valence-electron chi connectivity index (χ0n) is 9.71. The van der Waals surface area contributed by atoms with Gasteiger partial charge < -0.3 is 15.7 Å². The molecule has 94 valence electrons. The maximum Gasteiger partial charge on any atom is 0.221 e. The Morgan fingerprint density at radius 2 is 2.38 bits per heavy atom. The highest BCUT2D eigenvalue weighted by Gasteiger charge is 2.15. The van der Waals surface area contributed by atoms with Crippen LogP contribution < -0.4 is 10.6 Å². The monoisotopic (exact) mass is 246 g/mol. The summed E-state index contributed by atoms with van der Waals surface area (Å²) in [5.41, 5.74) is 0. The first-order valence-electron chi connectivity index (χ1n) is 6.01. The average Bonchev–Trinajstić information content (AvgIpc) is 2.48. The number of hydrogen-bond donors (Lipinski definition) is 3. The van der Waals surface area contributed by atoms with Crippen LogP contribution in [0, 0.1) is 0 Å². The quantitative estimate of drug-likeness (QED) is 0.568. The van der Waals surface area contributed by atoms with Crippen LogP contribution in [-0.4, -0.2) is 48.3 Å². The van der Waals surface area contributed by atoms with Gasteiger partial charge in [-0.25, -0.2) is 0 Å². The van der Waals surface area contributed by atoms with E-state index in [4.69, 9.17) is 5.11 Å². The largest absolute Gasteiger partial charge is 0.396 e. The van der Waals surface area contributed by atoms with Crippen LogP contribution in [0.15, 0.2) is 0 Å².